The van der Waals surface area contributed by atoms with Crippen LogP contribution in [0.1, 0.15) is 23.7 Å². The van der Waals surface area contributed by atoms with Gasteiger partial charge >= 0.3 is 0 Å². The molecule has 3 aromatic rings. The van der Waals surface area contributed by atoms with Gasteiger partial charge in [-0.3, -0.25) is 0 Å². The van der Waals surface area contributed by atoms with E-state index in [1.54, 1.807) is 19.4 Å². The summed E-state index contributed by atoms with van der Waals surface area (Å²) in [5.74, 6) is 0.804. The first-order valence-corrected chi connectivity index (χ1v) is 8.67. The quantitative estimate of drug-likeness (QED) is 0.654. The number of ether oxygens (including phenoxy) is 1. The third kappa shape index (κ3) is 4.25. The van der Waals surface area contributed by atoms with E-state index < -0.39 is 0 Å². The van der Waals surface area contributed by atoms with Crippen molar-refractivity contribution in [2.24, 2.45) is 0 Å². The number of halogens is 2. The minimum Gasteiger partial charge on any atom is -0.497 e. The van der Waals surface area contributed by atoms with E-state index >= 15 is 0 Å². The molecule has 0 aliphatic carbocycles. The second-order valence-electron chi connectivity index (χ2n) is 5.69. The number of aromatic nitrogens is 2. The summed E-state index contributed by atoms with van der Waals surface area (Å²) in [5, 5.41) is 13.9. The van der Waals surface area contributed by atoms with E-state index in [0.29, 0.717) is 28.7 Å². The molecule has 25 heavy (non-hydrogen) atoms. The van der Waals surface area contributed by atoms with E-state index in [1.807, 2.05) is 34.9 Å². The molecule has 0 saturated carbocycles. The summed E-state index contributed by atoms with van der Waals surface area (Å²) in [5.41, 5.74) is 2.60. The fourth-order valence-corrected chi connectivity index (χ4v) is 3.27. The Balaban J connectivity index is 1.75. The molecule has 2 N–H and O–H groups in total. The smallest absolute Gasteiger partial charge is 0.156 e. The van der Waals surface area contributed by atoms with E-state index in [1.165, 1.54) is 0 Å². The molecular formula is C18H19Cl2N3O2. The summed E-state index contributed by atoms with van der Waals surface area (Å²) in [6.45, 7) is 0.641. The van der Waals surface area contributed by atoms with Crippen LogP contribution in [-0.2, 0) is 6.54 Å². The minimum atomic E-state index is 0.0137. The zero-order chi connectivity index (χ0) is 17.8. The van der Waals surface area contributed by atoms with Crippen LogP contribution >= 0.6 is 23.2 Å². The van der Waals surface area contributed by atoms with Gasteiger partial charge in [0.1, 0.15) is 5.75 Å². The number of pyridine rings is 1. The van der Waals surface area contributed by atoms with Gasteiger partial charge in [-0.1, -0.05) is 35.3 Å². The SMILES string of the molecule is COc1ccc(C(CCO)NCc2cn3cc(Cl)cc(Cl)c3n2)cc1. The Morgan fingerprint density at radius 3 is 2.68 bits per heavy atom. The van der Waals surface area contributed by atoms with E-state index in [0.717, 1.165) is 17.0 Å². The predicted octanol–water partition coefficient (Wildman–Crippen LogP) is 3.86. The van der Waals surface area contributed by atoms with Gasteiger partial charge in [0.05, 0.1) is 22.8 Å². The minimum absolute atomic E-state index is 0.0137. The molecule has 0 radical (unpaired) electrons. The molecule has 1 aromatic carbocycles. The van der Waals surface area contributed by atoms with Crippen molar-refractivity contribution in [3.05, 3.63) is 64.0 Å². The summed E-state index contributed by atoms with van der Waals surface area (Å²) >= 11 is 12.2. The molecule has 7 heteroatoms. The zero-order valence-corrected chi connectivity index (χ0v) is 15.3. The normalized spacial score (nSPS) is 12.5. The highest BCUT2D eigenvalue weighted by atomic mass is 35.5. The number of methoxy groups -OCH3 is 1. The lowest BCUT2D eigenvalue weighted by Crippen LogP contribution is -2.22. The highest BCUT2D eigenvalue weighted by Crippen LogP contribution is 2.23. The van der Waals surface area contributed by atoms with Gasteiger partial charge in [0, 0.05) is 31.6 Å². The standard InChI is InChI=1S/C18H19Cl2N3O2/c1-25-15-4-2-12(3-5-15)17(6-7-24)21-9-14-11-23-10-13(19)8-16(20)18(23)22-14/h2-5,8,10-11,17,21,24H,6-7,9H2,1H3. The third-order valence-corrected chi connectivity index (χ3v) is 4.47. The van der Waals surface area contributed by atoms with Crippen LogP contribution in [0.5, 0.6) is 5.75 Å². The Kier molecular flexibility index (Phi) is 5.81. The average molecular weight is 380 g/mol. The molecule has 3 rings (SSSR count). The van der Waals surface area contributed by atoms with E-state index in [9.17, 15) is 5.11 Å². The highest BCUT2D eigenvalue weighted by Gasteiger charge is 2.13. The van der Waals surface area contributed by atoms with Crippen LogP contribution in [0.25, 0.3) is 5.65 Å². The molecule has 0 aliphatic heterocycles. The number of nitrogens with one attached hydrogen (secondary N) is 1. The van der Waals surface area contributed by atoms with Crippen molar-refractivity contribution in [2.45, 2.75) is 19.0 Å². The van der Waals surface area contributed by atoms with Crippen LogP contribution in [0.2, 0.25) is 10.0 Å². The largest absolute Gasteiger partial charge is 0.497 e. The van der Waals surface area contributed by atoms with Crippen molar-refractivity contribution in [3.8, 4) is 5.75 Å². The number of hydrogen-bond donors (Lipinski definition) is 2. The van der Waals surface area contributed by atoms with Gasteiger partial charge in [0.15, 0.2) is 5.65 Å². The summed E-state index contributed by atoms with van der Waals surface area (Å²) < 4.78 is 7.00. The molecule has 0 amide bonds. The Bertz CT molecular complexity index is 849. The van der Waals surface area contributed by atoms with Gasteiger partial charge in [0.2, 0.25) is 0 Å². The summed E-state index contributed by atoms with van der Waals surface area (Å²) in [6.07, 6.45) is 4.27. The monoisotopic (exact) mass is 379 g/mol. The number of aliphatic hydroxyl groups excluding tert-OH is 1. The number of benzene rings is 1. The van der Waals surface area contributed by atoms with E-state index in [4.69, 9.17) is 27.9 Å². The Morgan fingerprint density at radius 1 is 1.24 bits per heavy atom. The van der Waals surface area contributed by atoms with Crippen molar-refractivity contribution in [1.29, 1.82) is 0 Å². The second kappa shape index (κ2) is 8.06. The maximum absolute atomic E-state index is 9.36. The lowest BCUT2D eigenvalue weighted by Gasteiger charge is -2.18. The molecule has 2 heterocycles. The van der Waals surface area contributed by atoms with Gasteiger partial charge in [-0.15, -0.1) is 0 Å². The Hall–Kier alpha value is -1.79. The maximum Gasteiger partial charge on any atom is 0.156 e. The molecule has 132 valence electrons. The van der Waals surface area contributed by atoms with Crippen LogP contribution in [0.15, 0.2) is 42.7 Å². The van der Waals surface area contributed by atoms with Crippen LogP contribution in [0, 0.1) is 0 Å². The molecule has 1 unspecified atom stereocenters. The molecule has 2 aromatic heterocycles. The molecule has 5 nitrogen and oxygen atoms in total. The van der Waals surface area contributed by atoms with Crippen molar-refractivity contribution < 1.29 is 9.84 Å². The Morgan fingerprint density at radius 2 is 2.00 bits per heavy atom. The predicted molar refractivity (Wildman–Crippen MR) is 99.5 cm³/mol. The lowest BCUT2D eigenvalue weighted by atomic mass is 10.0. The topological polar surface area (TPSA) is 58.8 Å². The number of fused-ring (bicyclic) bond motifs is 1. The van der Waals surface area contributed by atoms with Crippen molar-refractivity contribution in [3.63, 3.8) is 0 Å². The third-order valence-electron chi connectivity index (χ3n) is 3.99. The van der Waals surface area contributed by atoms with Gasteiger partial charge in [-0.05, 0) is 30.2 Å². The molecule has 0 spiro atoms. The highest BCUT2D eigenvalue weighted by molar-refractivity contribution is 6.36. The fraction of sp³-hybridized carbons (Fsp3) is 0.278. The van der Waals surface area contributed by atoms with Crippen molar-refractivity contribution >= 4 is 28.8 Å². The molecule has 1 atom stereocenters. The maximum atomic E-state index is 9.36. The van der Waals surface area contributed by atoms with E-state index in [-0.39, 0.29) is 12.6 Å². The van der Waals surface area contributed by atoms with Crippen LogP contribution in [-0.4, -0.2) is 28.2 Å². The number of imidazole rings is 1. The number of nitrogens with zero attached hydrogens (tertiary/aromatic N) is 2. The average Bonchev–Trinajstić information content (AvgIpc) is 3.02. The van der Waals surface area contributed by atoms with Crippen LogP contribution in [0.3, 0.4) is 0 Å². The summed E-state index contributed by atoms with van der Waals surface area (Å²) in [4.78, 5) is 4.53. The molecule has 0 fully saturated rings. The first kappa shape index (κ1) is 18.0. The zero-order valence-electron chi connectivity index (χ0n) is 13.7. The molecule has 0 aliphatic rings. The Labute approximate surface area is 156 Å². The van der Waals surface area contributed by atoms with Gasteiger partial charge in [-0.25, -0.2) is 4.98 Å². The number of hydrogen-bond acceptors (Lipinski definition) is 4. The lowest BCUT2D eigenvalue weighted by molar-refractivity contribution is 0.265. The first-order chi connectivity index (χ1) is 12.1. The number of aliphatic hydroxyl groups is 1. The van der Waals surface area contributed by atoms with Crippen LogP contribution in [0.4, 0.5) is 0 Å². The van der Waals surface area contributed by atoms with Gasteiger partial charge < -0.3 is 19.6 Å². The van der Waals surface area contributed by atoms with Crippen molar-refractivity contribution in [1.82, 2.24) is 14.7 Å². The van der Waals surface area contributed by atoms with Crippen molar-refractivity contribution in [2.75, 3.05) is 13.7 Å². The molecule has 0 saturated heterocycles. The first-order valence-electron chi connectivity index (χ1n) is 7.91. The van der Waals surface area contributed by atoms with Gasteiger partial charge in [0.25, 0.3) is 0 Å². The summed E-state index contributed by atoms with van der Waals surface area (Å²) in [7, 11) is 1.64. The fourth-order valence-electron chi connectivity index (χ4n) is 2.74. The number of rotatable bonds is 7. The van der Waals surface area contributed by atoms with Gasteiger partial charge in [-0.2, -0.15) is 0 Å². The molecule has 0 bridgehead atoms. The molecular weight excluding hydrogens is 361 g/mol. The van der Waals surface area contributed by atoms with Crippen LogP contribution < -0.4 is 10.1 Å². The second-order valence-corrected chi connectivity index (χ2v) is 6.53. The van der Waals surface area contributed by atoms with E-state index in [2.05, 4.69) is 10.3 Å². The summed E-state index contributed by atoms with van der Waals surface area (Å²) in [6, 6.07) is 9.50.